The van der Waals surface area contributed by atoms with E-state index in [9.17, 15) is 8.78 Å². The van der Waals surface area contributed by atoms with E-state index in [0.29, 0.717) is 13.0 Å². The Bertz CT molecular complexity index is 391. The van der Waals surface area contributed by atoms with Crippen molar-refractivity contribution in [3.8, 4) is 0 Å². The van der Waals surface area contributed by atoms with Crippen LogP contribution in [0, 0.1) is 5.92 Å². The number of alkyl halides is 2. The van der Waals surface area contributed by atoms with Crippen LogP contribution in [-0.2, 0) is 7.05 Å². The standard InChI is InChI=1S/C12H20F2N4/c1-9(11-17-16-8-18(11)2)15-7-10-4-3-5-12(13,14)6-10/h8-10,15H,3-7H2,1-2H3. The molecule has 1 fully saturated rings. The van der Waals surface area contributed by atoms with Crippen LogP contribution in [0.3, 0.4) is 0 Å². The Balaban J connectivity index is 1.83. The second-order valence-electron chi connectivity index (χ2n) is 5.25. The summed E-state index contributed by atoms with van der Waals surface area (Å²) in [5, 5.41) is 11.1. The van der Waals surface area contributed by atoms with Gasteiger partial charge in [-0.05, 0) is 32.2 Å². The van der Waals surface area contributed by atoms with Crippen LogP contribution in [0.1, 0.15) is 44.5 Å². The highest BCUT2D eigenvalue weighted by molar-refractivity contribution is 4.92. The molecule has 0 saturated heterocycles. The van der Waals surface area contributed by atoms with Crippen LogP contribution < -0.4 is 5.32 Å². The molecule has 102 valence electrons. The molecular weight excluding hydrogens is 238 g/mol. The van der Waals surface area contributed by atoms with Crippen LogP contribution in [0.25, 0.3) is 0 Å². The van der Waals surface area contributed by atoms with E-state index in [1.807, 2.05) is 18.5 Å². The molecule has 0 aliphatic heterocycles. The molecule has 1 heterocycles. The molecule has 2 atom stereocenters. The van der Waals surface area contributed by atoms with E-state index < -0.39 is 5.92 Å². The molecule has 1 aliphatic rings. The Hall–Kier alpha value is -1.04. The summed E-state index contributed by atoms with van der Waals surface area (Å²) in [5.41, 5.74) is 0. The van der Waals surface area contributed by atoms with E-state index in [1.54, 1.807) is 6.33 Å². The Kier molecular flexibility index (Phi) is 3.94. The van der Waals surface area contributed by atoms with Crippen LogP contribution in [-0.4, -0.2) is 27.2 Å². The Morgan fingerprint density at radius 3 is 3.00 bits per heavy atom. The lowest BCUT2D eigenvalue weighted by atomic mass is 9.86. The van der Waals surface area contributed by atoms with E-state index in [-0.39, 0.29) is 24.8 Å². The van der Waals surface area contributed by atoms with Gasteiger partial charge in [0.25, 0.3) is 0 Å². The Labute approximate surface area is 106 Å². The topological polar surface area (TPSA) is 42.7 Å². The van der Waals surface area contributed by atoms with Gasteiger partial charge in [0.15, 0.2) is 0 Å². The molecule has 18 heavy (non-hydrogen) atoms. The van der Waals surface area contributed by atoms with Gasteiger partial charge < -0.3 is 9.88 Å². The smallest absolute Gasteiger partial charge is 0.248 e. The molecule has 0 amide bonds. The third-order valence-corrected chi connectivity index (χ3v) is 3.59. The second-order valence-corrected chi connectivity index (χ2v) is 5.25. The summed E-state index contributed by atoms with van der Waals surface area (Å²) < 4.78 is 28.4. The Morgan fingerprint density at radius 1 is 1.61 bits per heavy atom. The molecule has 2 unspecified atom stereocenters. The van der Waals surface area contributed by atoms with Gasteiger partial charge in [-0.1, -0.05) is 0 Å². The van der Waals surface area contributed by atoms with Gasteiger partial charge in [0.05, 0.1) is 6.04 Å². The fraction of sp³-hybridized carbons (Fsp3) is 0.833. The van der Waals surface area contributed by atoms with Crippen molar-refractivity contribution in [2.24, 2.45) is 13.0 Å². The van der Waals surface area contributed by atoms with E-state index in [4.69, 9.17) is 0 Å². The molecule has 1 aliphatic carbocycles. The van der Waals surface area contributed by atoms with E-state index >= 15 is 0 Å². The van der Waals surface area contributed by atoms with Gasteiger partial charge in [-0.25, -0.2) is 8.78 Å². The molecule has 1 aromatic rings. The molecular formula is C12H20F2N4. The summed E-state index contributed by atoms with van der Waals surface area (Å²) in [6.45, 7) is 2.59. The number of hydrogen-bond donors (Lipinski definition) is 1. The van der Waals surface area contributed by atoms with Gasteiger partial charge in [0, 0.05) is 19.9 Å². The summed E-state index contributed by atoms with van der Waals surface area (Å²) in [6, 6.07) is 0.0352. The van der Waals surface area contributed by atoms with E-state index in [0.717, 1.165) is 12.2 Å². The highest BCUT2D eigenvalue weighted by Gasteiger charge is 2.36. The predicted octanol–water partition coefficient (Wildman–Crippen LogP) is 2.29. The fourth-order valence-electron chi connectivity index (χ4n) is 2.57. The molecule has 6 heteroatoms. The first kappa shape index (κ1) is 13.4. The molecule has 0 aromatic carbocycles. The third-order valence-electron chi connectivity index (χ3n) is 3.59. The normalized spacial score (nSPS) is 25.0. The van der Waals surface area contributed by atoms with Crippen LogP contribution in [0.5, 0.6) is 0 Å². The lowest BCUT2D eigenvalue weighted by molar-refractivity contribution is -0.0522. The average molecular weight is 258 g/mol. The van der Waals surface area contributed by atoms with Crippen LogP contribution >= 0.6 is 0 Å². The Morgan fingerprint density at radius 2 is 2.39 bits per heavy atom. The molecule has 2 rings (SSSR count). The molecule has 1 N–H and O–H groups in total. The first-order valence-corrected chi connectivity index (χ1v) is 6.43. The minimum Gasteiger partial charge on any atom is -0.319 e. The summed E-state index contributed by atoms with van der Waals surface area (Å²) in [7, 11) is 1.88. The van der Waals surface area contributed by atoms with Crippen molar-refractivity contribution in [3.05, 3.63) is 12.2 Å². The lowest BCUT2D eigenvalue weighted by Gasteiger charge is -2.29. The molecule has 0 bridgehead atoms. The predicted molar refractivity (Wildman–Crippen MR) is 64.3 cm³/mol. The monoisotopic (exact) mass is 258 g/mol. The molecule has 1 saturated carbocycles. The van der Waals surface area contributed by atoms with E-state index in [2.05, 4.69) is 15.5 Å². The van der Waals surface area contributed by atoms with Crippen molar-refractivity contribution in [1.82, 2.24) is 20.1 Å². The van der Waals surface area contributed by atoms with Crippen molar-refractivity contribution in [2.45, 2.75) is 44.6 Å². The SMILES string of the molecule is CC(NCC1CCCC(F)(F)C1)c1nncn1C. The third kappa shape index (κ3) is 3.25. The lowest BCUT2D eigenvalue weighted by Crippen LogP contribution is -2.34. The van der Waals surface area contributed by atoms with Gasteiger partial charge in [-0.3, -0.25) is 0 Å². The number of halogens is 2. The number of rotatable bonds is 4. The average Bonchev–Trinajstić information content (AvgIpc) is 2.71. The highest BCUT2D eigenvalue weighted by atomic mass is 19.3. The van der Waals surface area contributed by atoms with Gasteiger partial charge in [-0.15, -0.1) is 10.2 Å². The van der Waals surface area contributed by atoms with E-state index in [1.165, 1.54) is 0 Å². The minimum absolute atomic E-state index is 0.00549. The largest absolute Gasteiger partial charge is 0.319 e. The van der Waals surface area contributed by atoms with Gasteiger partial charge in [0.1, 0.15) is 12.2 Å². The van der Waals surface area contributed by atoms with Crippen LogP contribution in [0.4, 0.5) is 8.78 Å². The van der Waals surface area contributed by atoms with Gasteiger partial charge in [-0.2, -0.15) is 0 Å². The molecule has 1 aromatic heterocycles. The maximum atomic E-state index is 13.3. The van der Waals surface area contributed by atoms with Crippen LogP contribution in [0.15, 0.2) is 6.33 Å². The number of aromatic nitrogens is 3. The summed E-state index contributed by atoms with van der Waals surface area (Å²) in [4.78, 5) is 0. The zero-order valence-electron chi connectivity index (χ0n) is 10.9. The number of nitrogens with zero attached hydrogens (tertiary/aromatic N) is 3. The maximum Gasteiger partial charge on any atom is 0.248 e. The molecule has 4 nitrogen and oxygen atoms in total. The number of aryl methyl sites for hydroxylation is 1. The first-order valence-electron chi connectivity index (χ1n) is 6.43. The molecule has 0 spiro atoms. The van der Waals surface area contributed by atoms with Crippen molar-refractivity contribution < 1.29 is 8.78 Å². The van der Waals surface area contributed by atoms with Gasteiger partial charge in [0.2, 0.25) is 5.92 Å². The van der Waals surface area contributed by atoms with Crippen molar-refractivity contribution >= 4 is 0 Å². The van der Waals surface area contributed by atoms with Gasteiger partial charge >= 0.3 is 0 Å². The number of hydrogen-bond acceptors (Lipinski definition) is 3. The van der Waals surface area contributed by atoms with Crippen LogP contribution in [0.2, 0.25) is 0 Å². The maximum absolute atomic E-state index is 13.3. The summed E-state index contributed by atoms with van der Waals surface area (Å²) in [6.07, 6.45) is 3.20. The van der Waals surface area contributed by atoms with Crippen molar-refractivity contribution in [2.75, 3.05) is 6.54 Å². The molecule has 0 radical (unpaired) electrons. The van der Waals surface area contributed by atoms with Crippen molar-refractivity contribution in [3.63, 3.8) is 0 Å². The summed E-state index contributed by atoms with van der Waals surface area (Å²) in [5.74, 6) is -1.58. The number of nitrogens with one attached hydrogen (secondary N) is 1. The van der Waals surface area contributed by atoms with Crippen molar-refractivity contribution in [1.29, 1.82) is 0 Å². The quantitative estimate of drug-likeness (QED) is 0.901. The summed E-state index contributed by atoms with van der Waals surface area (Å²) >= 11 is 0. The first-order chi connectivity index (χ1) is 8.48. The second kappa shape index (κ2) is 5.30. The zero-order valence-corrected chi connectivity index (χ0v) is 10.9. The highest BCUT2D eigenvalue weighted by Crippen LogP contribution is 2.36. The minimum atomic E-state index is -2.47. The fourth-order valence-corrected chi connectivity index (χ4v) is 2.57. The zero-order chi connectivity index (χ0) is 13.2.